The highest BCUT2D eigenvalue weighted by Crippen LogP contribution is 2.23. The maximum atomic E-state index is 12.7. The van der Waals surface area contributed by atoms with E-state index in [0.717, 1.165) is 12.8 Å². The first-order valence-electron chi connectivity index (χ1n) is 10.6. The van der Waals surface area contributed by atoms with Crippen LogP contribution in [0.25, 0.3) is 0 Å². The molecule has 0 aromatic heterocycles. The third-order valence-corrected chi connectivity index (χ3v) is 7.55. The van der Waals surface area contributed by atoms with Gasteiger partial charge < -0.3 is 4.74 Å². The number of carbonyl (C=O) groups excluding carboxylic acids is 3. The number of benzene rings is 2. The van der Waals surface area contributed by atoms with Crippen molar-refractivity contribution in [2.24, 2.45) is 0 Å². The van der Waals surface area contributed by atoms with Crippen LogP contribution in [0.3, 0.4) is 0 Å². The van der Waals surface area contributed by atoms with Crippen LogP contribution in [0.1, 0.15) is 56.8 Å². The van der Waals surface area contributed by atoms with Gasteiger partial charge in [0, 0.05) is 19.6 Å². The smallest absolute Gasteiger partial charge is 0.338 e. The number of nitrogens with zero attached hydrogens (tertiary/aromatic N) is 2. The molecule has 0 unspecified atom stereocenters. The van der Waals surface area contributed by atoms with E-state index >= 15 is 0 Å². The van der Waals surface area contributed by atoms with Gasteiger partial charge in [0.2, 0.25) is 10.0 Å². The Morgan fingerprint density at radius 1 is 0.906 bits per heavy atom. The highest BCUT2D eigenvalue weighted by Gasteiger charge is 2.34. The molecule has 2 amide bonds. The Balaban J connectivity index is 1.27. The van der Waals surface area contributed by atoms with E-state index in [2.05, 4.69) is 0 Å². The maximum absolute atomic E-state index is 12.7. The summed E-state index contributed by atoms with van der Waals surface area (Å²) in [5.74, 6) is -1.22. The van der Waals surface area contributed by atoms with Crippen molar-refractivity contribution in [3.05, 3.63) is 65.2 Å². The Morgan fingerprint density at radius 3 is 2.22 bits per heavy atom. The lowest BCUT2D eigenvalue weighted by Crippen LogP contribution is -2.30. The van der Waals surface area contributed by atoms with E-state index in [9.17, 15) is 22.8 Å². The van der Waals surface area contributed by atoms with Crippen molar-refractivity contribution in [3.8, 4) is 0 Å². The van der Waals surface area contributed by atoms with Crippen LogP contribution in [0.5, 0.6) is 0 Å². The molecule has 0 aliphatic carbocycles. The summed E-state index contributed by atoms with van der Waals surface area (Å²) in [7, 11) is -3.61. The van der Waals surface area contributed by atoms with E-state index in [1.54, 1.807) is 24.3 Å². The molecule has 2 aromatic carbocycles. The molecule has 0 spiro atoms. The zero-order valence-corrected chi connectivity index (χ0v) is 18.3. The first-order chi connectivity index (χ1) is 15.4. The largest absolute Gasteiger partial charge is 0.462 e. The Kier molecular flexibility index (Phi) is 6.38. The quantitative estimate of drug-likeness (QED) is 0.344. The molecule has 2 aromatic rings. The molecule has 8 nitrogen and oxygen atoms in total. The highest BCUT2D eigenvalue weighted by atomic mass is 32.2. The van der Waals surface area contributed by atoms with Crippen molar-refractivity contribution in [1.82, 2.24) is 9.21 Å². The number of hydrogen-bond donors (Lipinski definition) is 0. The van der Waals surface area contributed by atoms with E-state index in [1.807, 2.05) is 0 Å². The Labute approximate surface area is 186 Å². The third kappa shape index (κ3) is 4.31. The molecule has 2 heterocycles. The van der Waals surface area contributed by atoms with E-state index < -0.39 is 16.0 Å². The number of imide groups is 1. The summed E-state index contributed by atoms with van der Waals surface area (Å²) in [6.07, 6.45) is 2.62. The summed E-state index contributed by atoms with van der Waals surface area (Å²) in [5, 5.41) is 0. The van der Waals surface area contributed by atoms with Gasteiger partial charge in [-0.25, -0.2) is 13.2 Å². The monoisotopic (exact) mass is 456 g/mol. The standard InChI is InChI=1S/C23H24N2O6S/c26-21-19-10-1-2-11-20(19)22(27)25(21)14-5-6-15-31-23(28)17-8-7-9-18(16-17)32(29,30)24-12-3-4-13-24/h1-2,7-11,16H,3-6,12-15H2. The molecule has 0 atom stereocenters. The summed E-state index contributed by atoms with van der Waals surface area (Å²) < 4.78 is 32.1. The lowest BCUT2D eigenvalue weighted by atomic mass is 10.1. The van der Waals surface area contributed by atoms with E-state index in [4.69, 9.17) is 4.74 Å². The van der Waals surface area contributed by atoms with Gasteiger partial charge >= 0.3 is 5.97 Å². The van der Waals surface area contributed by atoms with Gasteiger partial charge in [0.1, 0.15) is 0 Å². The first-order valence-corrected chi connectivity index (χ1v) is 12.1. The second-order valence-electron chi connectivity index (χ2n) is 7.79. The SMILES string of the molecule is O=C(OCCCCN1C(=O)c2ccccc2C1=O)c1cccc(S(=O)(=O)N2CCCC2)c1. The predicted molar refractivity (Wildman–Crippen MR) is 116 cm³/mol. The van der Waals surface area contributed by atoms with Gasteiger partial charge in [-0.05, 0) is 56.0 Å². The summed E-state index contributed by atoms with van der Waals surface area (Å²) in [6, 6.07) is 12.6. The number of carbonyl (C=O) groups is 3. The summed E-state index contributed by atoms with van der Waals surface area (Å²) in [4.78, 5) is 38.3. The van der Waals surface area contributed by atoms with Crippen molar-refractivity contribution in [2.75, 3.05) is 26.2 Å². The minimum Gasteiger partial charge on any atom is -0.462 e. The Bertz CT molecular complexity index is 1120. The normalized spacial score (nSPS) is 16.4. The molecule has 4 rings (SSSR count). The van der Waals surface area contributed by atoms with Crippen LogP contribution in [-0.4, -0.2) is 61.6 Å². The molecule has 2 aliphatic heterocycles. The average molecular weight is 457 g/mol. The van der Waals surface area contributed by atoms with E-state index in [-0.39, 0.29) is 35.4 Å². The van der Waals surface area contributed by atoms with Crippen molar-refractivity contribution in [3.63, 3.8) is 0 Å². The minimum atomic E-state index is -3.61. The number of ether oxygens (including phenoxy) is 1. The molecule has 32 heavy (non-hydrogen) atoms. The van der Waals surface area contributed by atoms with Gasteiger partial charge in [-0.3, -0.25) is 14.5 Å². The molecule has 9 heteroatoms. The lowest BCUT2D eigenvalue weighted by molar-refractivity contribution is 0.0485. The van der Waals surface area contributed by atoms with Crippen LogP contribution in [0, 0.1) is 0 Å². The summed E-state index contributed by atoms with van der Waals surface area (Å²) in [6.45, 7) is 1.33. The van der Waals surface area contributed by atoms with Crippen molar-refractivity contribution >= 4 is 27.8 Å². The fourth-order valence-electron chi connectivity index (χ4n) is 3.92. The zero-order valence-electron chi connectivity index (χ0n) is 17.5. The summed E-state index contributed by atoms with van der Waals surface area (Å²) in [5.41, 5.74) is 0.992. The van der Waals surface area contributed by atoms with Crippen LogP contribution in [0.2, 0.25) is 0 Å². The number of fused-ring (bicyclic) bond motifs is 1. The number of esters is 1. The second-order valence-corrected chi connectivity index (χ2v) is 9.73. The van der Waals surface area contributed by atoms with Crippen LogP contribution >= 0.6 is 0 Å². The fourth-order valence-corrected chi connectivity index (χ4v) is 5.49. The van der Waals surface area contributed by atoms with Gasteiger partial charge in [0.15, 0.2) is 0 Å². The molecule has 0 radical (unpaired) electrons. The Morgan fingerprint density at radius 2 is 1.56 bits per heavy atom. The first kappa shape index (κ1) is 22.2. The number of amides is 2. The molecule has 1 fully saturated rings. The molecule has 0 bridgehead atoms. The maximum Gasteiger partial charge on any atom is 0.338 e. The van der Waals surface area contributed by atoms with Crippen molar-refractivity contribution in [2.45, 2.75) is 30.6 Å². The van der Waals surface area contributed by atoms with Gasteiger partial charge in [-0.1, -0.05) is 18.2 Å². The molecule has 0 N–H and O–H groups in total. The van der Waals surface area contributed by atoms with E-state index in [1.165, 1.54) is 33.5 Å². The number of rotatable bonds is 8. The van der Waals surface area contributed by atoms with Crippen LogP contribution in [-0.2, 0) is 14.8 Å². The van der Waals surface area contributed by atoms with Crippen molar-refractivity contribution < 1.29 is 27.5 Å². The van der Waals surface area contributed by atoms with Gasteiger partial charge in [-0.2, -0.15) is 4.31 Å². The van der Waals surface area contributed by atoms with Gasteiger partial charge in [0.05, 0.1) is 28.2 Å². The third-order valence-electron chi connectivity index (χ3n) is 5.66. The molecule has 2 aliphatic rings. The van der Waals surface area contributed by atoms with Gasteiger partial charge in [-0.15, -0.1) is 0 Å². The lowest BCUT2D eigenvalue weighted by Gasteiger charge is -2.16. The minimum absolute atomic E-state index is 0.0828. The van der Waals surface area contributed by atoms with E-state index in [0.29, 0.717) is 37.1 Å². The highest BCUT2D eigenvalue weighted by molar-refractivity contribution is 7.89. The zero-order chi connectivity index (χ0) is 22.7. The van der Waals surface area contributed by atoms with Gasteiger partial charge in [0.25, 0.3) is 11.8 Å². The van der Waals surface area contributed by atoms with Crippen LogP contribution in [0.4, 0.5) is 0 Å². The number of sulfonamides is 1. The number of hydrogen-bond acceptors (Lipinski definition) is 6. The predicted octanol–water partition coefficient (Wildman–Crippen LogP) is 2.70. The van der Waals surface area contributed by atoms with Crippen LogP contribution < -0.4 is 0 Å². The fraction of sp³-hybridized carbons (Fsp3) is 0.348. The molecular weight excluding hydrogens is 432 g/mol. The van der Waals surface area contributed by atoms with Crippen molar-refractivity contribution in [1.29, 1.82) is 0 Å². The molecule has 168 valence electrons. The molecule has 1 saturated heterocycles. The molecule has 0 saturated carbocycles. The second kappa shape index (κ2) is 9.22. The topological polar surface area (TPSA) is 101 Å². The molecular formula is C23H24N2O6S. The summed E-state index contributed by atoms with van der Waals surface area (Å²) >= 11 is 0. The number of unbranched alkanes of at least 4 members (excludes halogenated alkanes) is 1. The van der Waals surface area contributed by atoms with Crippen LogP contribution in [0.15, 0.2) is 53.4 Å². The average Bonchev–Trinajstić information content (AvgIpc) is 3.43. The Hall–Kier alpha value is -3.04.